The molecule has 0 spiro atoms. The fourth-order valence-electron chi connectivity index (χ4n) is 1.41. The number of hydrogen-bond donors (Lipinski definition) is 2. The first-order chi connectivity index (χ1) is 9.89. The van der Waals surface area contributed by atoms with E-state index in [1.807, 2.05) is 6.07 Å². The van der Waals surface area contributed by atoms with Crippen molar-refractivity contribution in [3.63, 3.8) is 0 Å². The van der Waals surface area contributed by atoms with Crippen molar-refractivity contribution in [2.45, 2.75) is 11.8 Å². The minimum atomic E-state index is -3.45. The van der Waals surface area contributed by atoms with Crippen molar-refractivity contribution in [2.24, 2.45) is 5.92 Å². The van der Waals surface area contributed by atoms with Crippen LogP contribution < -0.4 is 10.0 Å². The lowest BCUT2D eigenvalue weighted by atomic mass is 10.2. The van der Waals surface area contributed by atoms with Gasteiger partial charge in [-0.05, 0) is 37.7 Å². The van der Waals surface area contributed by atoms with E-state index in [-0.39, 0.29) is 16.7 Å². The molecule has 1 amide bonds. The fourth-order valence-corrected chi connectivity index (χ4v) is 2.14. The average molecular weight is 307 g/mol. The molecular weight excluding hydrogens is 290 g/mol. The van der Waals surface area contributed by atoms with Crippen LogP contribution in [0.1, 0.15) is 12.5 Å². The molecule has 0 aromatic heterocycles. The molecule has 0 aliphatic heterocycles. The van der Waals surface area contributed by atoms with Crippen molar-refractivity contribution in [2.75, 3.05) is 13.6 Å². The quantitative estimate of drug-likeness (QED) is 0.762. The minimum Gasteiger partial charge on any atom is -0.351 e. The second kappa shape index (κ2) is 7.57. The lowest BCUT2D eigenvalue weighted by Crippen LogP contribution is -2.25. The van der Waals surface area contributed by atoms with Gasteiger partial charge in [0.25, 0.3) is 0 Å². The lowest BCUT2D eigenvalue weighted by molar-refractivity contribution is -0.116. The zero-order valence-corrected chi connectivity index (χ0v) is 12.6. The Hall–Kier alpha value is -2.17. The van der Waals surface area contributed by atoms with Crippen LogP contribution in [0, 0.1) is 17.2 Å². The highest BCUT2D eigenvalue weighted by Gasteiger charge is 2.09. The largest absolute Gasteiger partial charge is 0.351 e. The Labute approximate surface area is 124 Å². The molecule has 0 aliphatic carbocycles. The molecule has 112 valence electrons. The predicted octanol–water partition coefficient (Wildman–Crippen LogP) is 0.884. The zero-order chi connectivity index (χ0) is 15.9. The zero-order valence-electron chi connectivity index (χ0n) is 11.8. The molecule has 0 fully saturated rings. The van der Waals surface area contributed by atoms with E-state index in [1.165, 1.54) is 25.3 Å². The van der Waals surface area contributed by atoms with Crippen molar-refractivity contribution in [3.05, 3.63) is 35.9 Å². The summed E-state index contributed by atoms with van der Waals surface area (Å²) in [5.41, 5.74) is 0.702. The summed E-state index contributed by atoms with van der Waals surface area (Å²) in [6.45, 7) is 2.00. The molecule has 0 aliphatic rings. The van der Waals surface area contributed by atoms with E-state index in [0.29, 0.717) is 12.1 Å². The van der Waals surface area contributed by atoms with Crippen LogP contribution in [0.4, 0.5) is 0 Å². The molecule has 7 heteroatoms. The Balaban J connectivity index is 2.66. The smallest absolute Gasteiger partial charge is 0.244 e. The Bertz CT molecular complexity index is 658. The van der Waals surface area contributed by atoms with Crippen LogP contribution in [-0.4, -0.2) is 27.9 Å². The molecule has 1 aromatic carbocycles. The number of sulfonamides is 1. The minimum absolute atomic E-state index is 0.162. The second-order valence-corrected chi connectivity index (χ2v) is 6.27. The first-order valence-corrected chi connectivity index (χ1v) is 7.76. The molecule has 1 rings (SSSR count). The number of carbonyl (C=O) groups is 1. The number of carbonyl (C=O) groups excluding carboxylic acids is 1. The van der Waals surface area contributed by atoms with Gasteiger partial charge < -0.3 is 5.32 Å². The highest BCUT2D eigenvalue weighted by atomic mass is 32.2. The Morgan fingerprint density at radius 1 is 1.38 bits per heavy atom. The average Bonchev–Trinajstić information content (AvgIpc) is 2.50. The summed E-state index contributed by atoms with van der Waals surface area (Å²) in [6.07, 6.45) is 2.91. The number of nitriles is 1. The van der Waals surface area contributed by atoms with Crippen LogP contribution in [0.5, 0.6) is 0 Å². The SMILES string of the molecule is CNS(=O)(=O)c1ccc(C=CC(=O)NCC(C)C#N)cc1. The predicted molar refractivity (Wildman–Crippen MR) is 79.5 cm³/mol. The fraction of sp³-hybridized carbons (Fsp3) is 0.286. The Kier molecular flexibility index (Phi) is 6.09. The molecule has 21 heavy (non-hydrogen) atoms. The number of hydrogen-bond acceptors (Lipinski definition) is 4. The third-order valence-electron chi connectivity index (χ3n) is 2.69. The summed E-state index contributed by atoms with van der Waals surface area (Å²) >= 11 is 0. The van der Waals surface area contributed by atoms with E-state index in [1.54, 1.807) is 25.1 Å². The molecule has 0 saturated carbocycles. The van der Waals surface area contributed by atoms with Gasteiger partial charge in [-0.15, -0.1) is 0 Å². The Morgan fingerprint density at radius 3 is 2.52 bits per heavy atom. The maximum Gasteiger partial charge on any atom is 0.244 e. The van der Waals surface area contributed by atoms with Crippen LogP contribution in [-0.2, 0) is 14.8 Å². The molecular formula is C14H17N3O3S. The van der Waals surface area contributed by atoms with Gasteiger partial charge in [-0.3, -0.25) is 4.79 Å². The summed E-state index contributed by atoms with van der Waals surface area (Å²) in [4.78, 5) is 11.7. The van der Waals surface area contributed by atoms with E-state index in [4.69, 9.17) is 5.26 Å². The van der Waals surface area contributed by atoms with Crippen LogP contribution in [0.3, 0.4) is 0 Å². The van der Waals surface area contributed by atoms with Gasteiger partial charge in [-0.1, -0.05) is 12.1 Å². The van der Waals surface area contributed by atoms with Gasteiger partial charge in [0.15, 0.2) is 0 Å². The van der Waals surface area contributed by atoms with Gasteiger partial charge in [0.05, 0.1) is 16.9 Å². The molecule has 6 nitrogen and oxygen atoms in total. The van der Waals surface area contributed by atoms with Crippen LogP contribution in [0.15, 0.2) is 35.2 Å². The van der Waals surface area contributed by atoms with E-state index in [0.717, 1.165) is 0 Å². The van der Waals surface area contributed by atoms with Gasteiger partial charge in [-0.25, -0.2) is 13.1 Å². The third-order valence-corrected chi connectivity index (χ3v) is 4.12. The van der Waals surface area contributed by atoms with Gasteiger partial charge in [0.1, 0.15) is 0 Å². The van der Waals surface area contributed by atoms with E-state index >= 15 is 0 Å². The molecule has 0 bridgehead atoms. The number of rotatable bonds is 6. The standard InChI is InChI=1S/C14H17N3O3S/c1-11(9-15)10-17-14(18)8-5-12-3-6-13(7-4-12)21(19,20)16-2/h3-8,11,16H,10H2,1-2H3,(H,17,18). The molecule has 0 heterocycles. The summed E-state index contributed by atoms with van der Waals surface area (Å²) in [5.74, 6) is -0.544. The maximum absolute atomic E-state index is 11.5. The van der Waals surface area contributed by atoms with Crippen molar-refractivity contribution in [1.29, 1.82) is 5.26 Å². The van der Waals surface area contributed by atoms with Gasteiger partial charge in [-0.2, -0.15) is 5.26 Å². The summed E-state index contributed by atoms with van der Waals surface area (Å²) in [6, 6.07) is 8.14. The second-order valence-electron chi connectivity index (χ2n) is 4.39. The summed E-state index contributed by atoms with van der Waals surface area (Å²) in [5, 5.41) is 11.2. The van der Waals surface area contributed by atoms with Crippen molar-refractivity contribution in [1.82, 2.24) is 10.0 Å². The number of benzene rings is 1. The molecule has 0 radical (unpaired) electrons. The number of nitrogens with zero attached hydrogens (tertiary/aromatic N) is 1. The van der Waals surface area contributed by atoms with Crippen molar-refractivity contribution >= 4 is 22.0 Å². The van der Waals surface area contributed by atoms with Crippen LogP contribution in [0.2, 0.25) is 0 Å². The van der Waals surface area contributed by atoms with Crippen molar-refractivity contribution in [3.8, 4) is 6.07 Å². The maximum atomic E-state index is 11.5. The molecule has 1 aromatic rings. The summed E-state index contributed by atoms with van der Waals surface area (Å²) in [7, 11) is -2.11. The van der Waals surface area contributed by atoms with Crippen LogP contribution >= 0.6 is 0 Å². The Morgan fingerprint density at radius 2 is 2.00 bits per heavy atom. The first-order valence-electron chi connectivity index (χ1n) is 6.28. The van der Waals surface area contributed by atoms with Crippen LogP contribution in [0.25, 0.3) is 6.08 Å². The van der Waals surface area contributed by atoms with E-state index < -0.39 is 10.0 Å². The number of amides is 1. The summed E-state index contributed by atoms with van der Waals surface area (Å²) < 4.78 is 25.3. The third kappa shape index (κ3) is 5.38. The highest BCUT2D eigenvalue weighted by molar-refractivity contribution is 7.89. The van der Waals surface area contributed by atoms with Gasteiger partial charge in [0.2, 0.25) is 15.9 Å². The topological polar surface area (TPSA) is 99.1 Å². The lowest BCUT2D eigenvalue weighted by Gasteiger charge is -2.03. The van der Waals surface area contributed by atoms with Gasteiger partial charge in [0, 0.05) is 12.6 Å². The van der Waals surface area contributed by atoms with E-state index in [2.05, 4.69) is 10.0 Å². The molecule has 1 atom stereocenters. The monoisotopic (exact) mass is 307 g/mol. The molecule has 2 N–H and O–H groups in total. The molecule has 1 unspecified atom stereocenters. The molecule has 0 saturated heterocycles. The highest BCUT2D eigenvalue weighted by Crippen LogP contribution is 2.11. The van der Waals surface area contributed by atoms with E-state index in [9.17, 15) is 13.2 Å². The number of nitrogens with one attached hydrogen (secondary N) is 2. The first kappa shape index (κ1) is 16.9. The van der Waals surface area contributed by atoms with Crippen molar-refractivity contribution < 1.29 is 13.2 Å². The normalized spacial score (nSPS) is 12.8. The van der Waals surface area contributed by atoms with Gasteiger partial charge >= 0.3 is 0 Å².